The van der Waals surface area contributed by atoms with Crippen LogP contribution in [0.1, 0.15) is 23.2 Å². The SMILES string of the molecule is NC1CSCC1c1nc(Cc2c(F)cccc2Cl)no1. The second-order valence-electron chi connectivity index (χ2n) is 4.73. The van der Waals surface area contributed by atoms with Crippen molar-refractivity contribution in [2.45, 2.75) is 18.4 Å². The smallest absolute Gasteiger partial charge is 0.232 e. The maximum atomic E-state index is 13.7. The van der Waals surface area contributed by atoms with Gasteiger partial charge >= 0.3 is 0 Å². The molecule has 106 valence electrons. The minimum atomic E-state index is -0.364. The van der Waals surface area contributed by atoms with Crippen LogP contribution in [-0.2, 0) is 6.42 Å². The third-order valence-corrected chi connectivity index (χ3v) is 4.89. The molecule has 0 spiro atoms. The highest BCUT2D eigenvalue weighted by molar-refractivity contribution is 7.99. The fourth-order valence-corrected chi connectivity index (χ4v) is 3.69. The normalized spacial score (nSPS) is 22.4. The largest absolute Gasteiger partial charge is 0.339 e. The van der Waals surface area contributed by atoms with Crippen LogP contribution in [0, 0.1) is 5.82 Å². The minimum absolute atomic E-state index is 0.0327. The summed E-state index contributed by atoms with van der Waals surface area (Å²) in [6.45, 7) is 0. The molecule has 2 N–H and O–H groups in total. The third kappa shape index (κ3) is 2.68. The first-order valence-electron chi connectivity index (χ1n) is 6.24. The maximum absolute atomic E-state index is 13.7. The van der Waals surface area contributed by atoms with Gasteiger partial charge in [0.25, 0.3) is 0 Å². The summed E-state index contributed by atoms with van der Waals surface area (Å²) in [6.07, 6.45) is 0.212. The van der Waals surface area contributed by atoms with Crippen molar-refractivity contribution in [1.29, 1.82) is 0 Å². The molecule has 0 radical (unpaired) electrons. The molecule has 0 aliphatic carbocycles. The Morgan fingerprint density at radius 1 is 1.45 bits per heavy atom. The molecule has 1 aliphatic rings. The molecule has 2 unspecified atom stereocenters. The summed E-state index contributed by atoms with van der Waals surface area (Å²) in [4.78, 5) is 4.32. The molecule has 2 heterocycles. The molecule has 0 bridgehead atoms. The predicted molar refractivity (Wildman–Crippen MR) is 76.6 cm³/mol. The molecule has 0 amide bonds. The van der Waals surface area contributed by atoms with Gasteiger partial charge in [-0.15, -0.1) is 0 Å². The highest BCUT2D eigenvalue weighted by Crippen LogP contribution is 2.31. The van der Waals surface area contributed by atoms with Crippen LogP contribution in [0.25, 0.3) is 0 Å². The van der Waals surface area contributed by atoms with Crippen molar-refractivity contribution in [2.75, 3.05) is 11.5 Å². The van der Waals surface area contributed by atoms with E-state index in [0.29, 0.717) is 22.3 Å². The molecule has 20 heavy (non-hydrogen) atoms. The van der Waals surface area contributed by atoms with Crippen LogP contribution in [0.3, 0.4) is 0 Å². The molecule has 0 saturated carbocycles. The standard InChI is InChI=1S/C13H13ClFN3OS/c14-9-2-1-3-10(15)7(9)4-12-17-13(19-18-12)8-5-20-6-11(8)16/h1-3,8,11H,4-6,16H2. The van der Waals surface area contributed by atoms with Crippen molar-refractivity contribution >= 4 is 23.4 Å². The van der Waals surface area contributed by atoms with E-state index in [9.17, 15) is 4.39 Å². The lowest BCUT2D eigenvalue weighted by atomic mass is 10.1. The van der Waals surface area contributed by atoms with E-state index >= 15 is 0 Å². The Labute approximate surface area is 124 Å². The Balaban J connectivity index is 1.81. The van der Waals surface area contributed by atoms with Gasteiger partial charge in [-0.3, -0.25) is 0 Å². The fraction of sp³-hybridized carbons (Fsp3) is 0.385. The number of hydrogen-bond acceptors (Lipinski definition) is 5. The van der Waals surface area contributed by atoms with Gasteiger partial charge in [0.05, 0.1) is 5.92 Å². The van der Waals surface area contributed by atoms with E-state index in [-0.39, 0.29) is 24.2 Å². The monoisotopic (exact) mass is 313 g/mol. The van der Waals surface area contributed by atoms with Gasteiger partial charge in [0, 0.05) is 34.6 Å². The average Bonchev–Trinajstić information content (AvgIpc) is 3.02. The first-order chi connectivity index (χ1) is 9.65. The summed E-state index contributed by atoms with van der Waals surface area (Å²) in [5, 5.41) is 4.26. The Hall–Kier alpha value is -1.11. The quantitative estimate of drug-likeness (QED) is 0.943. The molecule has 1 aromatic heterocycles. The van der Waals surface area contributed by atoms with Crippen molar-refractivity contribution in [3.8, 4) is 0 Å². The molecular formula is C13H13ClFN3OS. The highest BCUT2D eigenvalue weighted by atomic mass is 35.5. The molecule has 1 saturated heterocycles. The van der Waals surface area contributed by atoms with E-state index in [4.69, 9.17) is 21.9 Å². The molecule has 1 fully saturated rings. The van der Waals surface area contributed by atoms with E-state index in [1.165, 1.54) is 6.07 Å². The van der Waals surface area contributed by atoms with Crippen molar-refractivity contribution < 1.29 is 8.91 Å². The van der Waals surface area contributed by atoms with Crippen LogP contribution in [0.4, 0.5) is 4.39 Å². The van der Waals surface area contributed by atoms with Crippen LogP contribution in [0.15, 0.2) is 22.7 Å². The van der Waals surface area contributed by atoms with Crippen LogP contribution >= 0.6 is 23.4 Å². The number of thioether (sulfide) groups is 1. The molecule has 1 aliphatic heterocycles. The number of nitrogens with zero attached hydrogens (tertiary/aromatic N) is 2. The molecule has 3 rings (SSSR count). The summed E-state index contributed by atoms with van der Waals surface area (Å²) in [7, 11) is 0. The average molecular weight is 314 g/mol. The number of hydrogen-bond donors (Lipinski definition) is 1. The molecular weight excluding hydrogens is 301 g/mol. The van der Waals surface area contributed by atoms with Gasteiger partial charge in [0.15, 0.2) is 5.82 Å². The van der Waals surface area contributed by atoms with Crippen LogP contribution in [-0.4, -0.2) is 27.7 Å². The van der Waals surface area contributed by atoms with Gasteiger partial charge in [0.2, 0.25) is 5.89 Å². The lowest BCUT2D eigenvalue weighted by Crippen LogP contribution is -2.26. The Morgan fingerprint density at radius 2 is 2.30 bits per heavy atom. The van der Waals surface area contributed by atoms with Gasteiger partial charge in [-0.1, -0.05) is 22.8 Å². The van der Waals surface area contributed by atoms with Gasteiger partial charge in [-0.25, -0.2) is 4.39 Å². The summed E-state index contributed by atoms with van der Waals surface area (Å²) >= 11 is 7.76. The van der Waals surface area contributed by atoms with E-state index in [1.54, 1.807) is 23.9 Å². The van der Waals surface area contributed by atoms with Gasteiger partial charge in [-0.2, -0.15) is 16.7 Å². The first-order valence-corrected chi connectivity index (χ1v) is 7.77. The van der Waals surface area contributed by atoms with Crippen LogP contribution < -0.4 is 5.73 Å². The summed E-state index contributed by atoms with van der Waals surface area (Å²) < 4.78 is 19.0. The van der Waals surface area contributed by atoms with Gasteiger partial charge in [-0.05, 0) is 12.1 Å². The molecule has 2 atom stereocenters. The van der Waals surface area contributed by atoms with Crippen molar-refractivity contribution in [3.05, 3.63) is 46.3 Å². The third-order valence-electron chi connectivity index (χ3n) is 3.32. The maximum Gasteiger partial charge on any atom is 0.232 e. The summed E-state index contributed by atoms with van der Waals surface area (Å²) in [5.41, 5.74) is 6.37. The van der Waals surface area contributed by atoms with E-state index in [1.807, 2.05) is 0 Å². The van der Waals surface area contributed by atoms with Crippen molar-refractivity contribution in [3.63, 3.8) is 0 Å². The zero-order valence-corrected chi connectivity index (χ0v) is 12.1. The second-order valence-corrected chi connectivity index (χ2v) is 6.22. The molecule has 1 aromatic carbocycles. The zero-order chi connectivity index (χ0) is 14.1. The lowest BCUT2D eigenvalue weighted by Gasteiger charge is -2.07. The van der Waals surface area contributed by atoms with Crippen molar-refractivity contribution in [1.82, 2.24) is 10.1 Å². The topological polar surface area (TPSA) is 64.9 Å². The second kappa shape index (κ2) is 5.71. The summed E-state index contributed by atoms with van der Waals surface area (Å²) in [6, 6.07) is 4.61. The van der Waals surface area contributed by atoms with E-state index in [0.717, 1.165) is 11.5 Å². The highest BCUT2D eigenvalue weighted by Gasteiger charge is 2.31. The van der Waals surface area contributed by atoms with Crippen LogP contribution in [0.5, 0.6) is 0 Å². The van der Waals surface area contributed by atoms with Crippen LogP contribution in [0.2, 0.25) is 5.02 Å². The molecule has 4 nitrogen and oxygen atoms in total. The van der Waals surface area contributed by atoms with E-state index < -0.39 is 0 Å². The molecule has 2 aromatic rings. The fourth-order valence-electron chi connectivity index (χ4n) is 2.17. The molecule has 7 heteroatoms. The first kappa shape index (κ1) is 13.9. The number of halogens is 2. The Bertz CT molecular complexity index is 601. The summed E-state index contributed by atoms with van der Waals surface area (Å²) in [5.74, 6) is 2.44. The Morgan fingerprint density at radius 3 is 3.00 bits per heavy atom. The van der Waals surface area contributed by atoms with Crippen molar-refractivity contribution in [2.24, 2.45) is 5.73 Å². The number of aromatic nitrogens is 2. The zero-order valence-electron chi connectivity index (χ0n) is 10.6. The minimum Gasteiger partial charge on any atom is -0.339 e. The lowest BCUT2D eigenvalue weighted by molar-refractivity contribution is 0.349. The predicted octanol–water partition coefficient (Wildman–Crippen LogP) is 2.61. The van der Waals surface area contributed by atoms with Gasteiger partial charge < -0.3 is 10.3 Å². The van der Waals surface area contributed by atoms with E-state index in [2.05, 4.69) is 10.1 Å². The Kier molecular flexibility index (Phi) is 3.96. The number of nitrogens with two attached hydrogens (primary N) is 1. The number of rotatable bonds is 3. The number of benzene rings is 1. The van der Waals surface area contributed by atoms with Gasteiger partial charge in [0.1, 0.15) is 5.82 Å².